The van der Waals surface area contributed by atoms with Crippen LogP contribution in [0.5, 0.6) is 0 Å². The number of rotatable bonds is 2. The molecule has 0 saturated carbocycles. The average Bonchev–Trinajstić information content (AvgIpc) is 2.82. The SMILES string of the molecule is NCc1ccc2nc(-c3ccc(Cl)cc3)cn2c1. The number of halogens is 1. The Morgan fingerprint density at radius 3 is 2.56 bits per heavy atom. The highest BCUT2D eigenvalue weighted by Gasteiger charge is 2.04. The molecule has 0 aliphatic carbocycles. The first-order chi connectivity index (χ1) is 8.76. The molecule has 2 aromatic heterocycles. The van der Waals surface area contributed by atoms with Gasteiger partial charge in [-0.15, -0.1) is 0 Å². The zero-order valence-corrected chi connectivity index (χ0v) is 10.4. The number of hydrogen-bond donors (Lipinski definition) is 1. The molecule has 0 unspecified atom stereocenters. The summed E-state index contributed by atoms with van der Waals surface area (Å²) in [5, 5.41) is 0.730. The van der Waals surface area contributed by atoms with Crippen molar-refractivity contribution in [2.75, 3.05) is 0 Å². The van der Waals surface area contributed by atoms with E-state index in [1.807, 2.05) is 53.2 Å². The van der Waals surface area contributed by atoms with Crippen LogP contribution in [0.3, 0.4) is 0 Å². The van der Waals surface area contributed by atoms with Crippen molar-refractivity contribution in [1.82, 2.24) is 9.38 Å². The highest BCUT2D eigenvalue weighted by molar-refractivity contribution is 6.30. The summed E-state index contributed by atoms with van der Waals surface area (Å²) < 4.78 is 1.99. The Balaban J connectivity index is 2.10. The summed E-state index contributed by atoms with van der Waals surface area (Å²) in [6.45, 7) is 0.532. The van der Waals surface area contributed by atoms with E-state index in [1.54, 1.807) is 0 Å². The lowest BCUT2D eigenvalue weighted by Gasteiger charge is -1.96. The van der Waals surface area contributed by atoms with Gasteiger partial charge in [0.2, 0.25) is 0 Å². The molecule has 0 radical (unpaired) electrons. The largest absolute Gasteiger partial charge is 0.326 e. The molecular formula is C14H12ClN3. The lowest BCUT2D eigenvalue weighted by atomic mass is 10.2. The lowest BCUT2D eigenvalue weighted by Crippen LogP contribution is -1.97. The van der Waals surface area contributed by atoms with Crippen LogP contribution >= 0.6 is 11.6 Å². The zero-order valence-electron chi connectivity index (χ0n) is 9.68. The van der Waals surface area contributed by atoms with Crippen molar-refractivity contribution in [2.24, 2.45) is 5.73 Å². The van der Waals surface area contributed by atoms with E-state index in [0.29, 0.717) is 6.54 Å². The second kappa shape index (κ2) is 4.44. The zero-order chi connectivity index (χ0) is 12.5. The number of pyridine rings is 1. The summed E-state index contributed by atoms with van der Waals surface area (Å²) in [5.41, 5.74) is 9.61. The number of fused-ring (bicyclic) bond motifs is 1. The highest BCUT2D eigenvalue weighted by atomic mass is 35.5. The fourth-order valence-electron chi connectivity index (χ4n) is 1.92. The Hall–Kier alpha value is -1.84. The van der Waals surface area contributed by atoms with Gasteiger partial charge in [-0.05, 0) is 23.8 Å². The van der Waals surface area contributed by atoms with Crippen molar-refractivity contribution in [1.29, 1.82) is 0 Å². The third-order valence-electron chi connectivity index (χ3n) is 2.89. The predicted octanol–water partition coefficient (Wildman–Crippen LogP) is 3.11. The molecule has 0 amide bonds. The Bertz CT molecular complexity index is 686. The highest BCUT2D eigenvalue weighted by Crippen LogP contribution is 2.21. The molecule has 3 rings (SSSR count). The quantitative estimate of drug-likeness (QED) is 0.767. The van der Waals surface area contributed by atoms with E-state index in [4.69, 9.17) is 17.3 Å². The molecular weight excluding hydrogens is 246 g/mol. The van der Waals surface area contributed by atoms with E-state index in [2.05, 4.69) is 4.98 Å². The van der Waals surface area contributed by atoms with Gasteiger partial charge in [0.1, 0.15) is 5.65 Å². The first-order valence-electron chi connectivity index (χ1n) is 5.70. The summed E-state index contributed by atoms with van der Waals surface area (Å²) in [6.07, 6.45) is 4.00. The fraction of sp³-hybridized carbons (Fsp3) is 0.0714. The van der Waals surface area contributed by atoms with E-state index < -0.39 is 0 Å². The Kier molecular flexibility index (Phi) is 2.78. The molecule has 3 nitrogen and oxygen atoms in total. The van der Waals surface area contributed by atoms with Crippen molar-refractivity contribution in [3.8, 4) is 11.3 Å². The van der Waals surface area contributed by atoms with Crippen molar-refractivity contribution < 1.29 is 0 Å². The van der Waals surface area contributed by atoms with Gasteiger partial charge < -0.3 is 10.1 Å². The molecule has 0 aliphatic rings. The summed E-state index contributed by atoms with van der Waals surface area (Å²) in [5.74, 6) is 0. The van der Waals surface area contributed by atoms with Gasteiger partial charge in [0.15, 0.2) is 0 Å². The Morgan fingerprint density at radius 2 is 1.83 bits per heavy atom. The van der Waals surface area contributed by atoms with Crippen LogP contribution in [0, 0.1) is 0 Å². The standard InChI is InChI=1S/C14H12ClN3/c15-12-4-2-11(3-5-12)13-9-18-8-10(7-16)1-6-14(18)17-13/h1-6,8-9H,7,16H2. The van der Waals surface area contributed by atoms with E-state index >= 15 is 0 Å². The van der Waals surface area contributed by atoms with Gasteiger partial charge in [0.25, 0.3) is 0 Å². The van der Waals surface area contributed by atoms with Crippen LogP contribution in [0.2, 0.25) is 5.02 Å². The molecule has 0 bridgehead atoms. The van der Waals surface area contributed by atoms with Crippen LogP contribution in [0.15, 0.2) is 48.8 Å². The number of benzene rings is 1. The first-order valence-corrected chi connectivity index (χ1v) is 6.08. The first kappa shape index (κ1) is 11.3. The van der Waals surface area contributed by atoms with Crippen molar-refractivity contribution in [3.63, 3.8) is 0 Å². The maximum Gasteiger partial charge on any atom is 0.137 e. The van der Waals surface area contributed by atoms with Gasteiger partial charge in [-0.3, -0.25) is 0 Å². The van der Waals surface area contributed by atoms with Gasteiger partial charge >= 0.3 is 0 Å². The minimum atomic E-state index is 0.532. The van der Waals surface area contributed by atoms with E-state index in [1.165, 1.54) is 0 Å². The molecule has 1 aromatic carbocycles. The third kappa shape index (κ3) is 1.98. The molecule has 0 fully saturated rings. The minimum Gasteiger partial charge on any atom is -0.326 e. The Labute approximate surface area is 110 Å². The summed E-state index contributed by atoms with van der Waals surface area (Å²) in [4.78, 5) is 4.57. The summed E-state index contributed by atoms with van der Waals surface area (Å²) >= 11 is 5.88. The number of aromatic nitrogens is 2. The van der Waals surface area contributed by atoms with Crippen LogP contribution in [-0.2, 0) is 6.54 Å². The molecule has 4 heteroatoms. The minimum absolute atomic E-state index is 0.532. The molecule has 0 atom stereocenters. The van der Waals surface area contributed by atoms with Crippen LogP contribution in [0.25, 0.3) is 16.9 Å². The maximum absolute atomic E-state index is 5.88. The van der Waals surface area contributed by atoms with Gasteiger partial charge in [0, 0.05) is 29.5 Å². The molecule has 0 spiro atoms. The number of hydrogen-bond acceptors (Lipinski definition) is 2. The second-order valence-corrected chi connectivity index (χ2v) is 4.58. The molecule has 2 heterocycles. The van der Waals surface area contributed by atoms with Crippen LogP contribution in [0.1, 0.15) is 5.56 Å². The van der Waals surface area contributed by atoms with Gasteiger partial charge in [-0.1, -0.05) is 29.8 Å². The van der Waals surface area contributed by atoms with Crippen LogP contribution in [0.4, 0.5) is 0 Å². The third-order valence-corrected chi connectivity index (χ3v) is 3.14. The van der Waals surface area contributed by atoms with Crippen molar-refractivity contribution in [3.05, 3.63) is 59.4 Å². The van der Waals surface area contributed by atoms with Crippen LogP contribution < -0.4 is 5.73 Å². The van der Waals surface area contributed by atoms with Crippen LogP contribution in [-0.4, -0.2) is 9.38 Å². The van der Waals surface area contributed by atoms with Crippen molar-refractivity contribution in [2.45, 2.75) is 6.54 Å². The lowest BCUT2D eigenvalue weighted by molar-refractivity contribution is 1.03. The monoisotopic (exact) mass is 257 g/mol. The molecule has 18 heavy (non-hydrogen) atoms. The Morgan fingerprint density at radius 1 is 1.06 bits per heavy atom. The van der Waals surface area contributed by atoms with Gasteiger partial charge in [0.05, 0.1) is 5.69 Å². The molecule has 90 valence electrons. The molecule has 0 saturated heterocycles. The van der Waals surface area contributed by atoms with Gasteiger partial charge in [-0.25, -0.2) is 4.98 Å². The van der Waals surface area contributed by atoms with Crippen molar-refractivity contribution >= 4 is 17.2 Å². The van der Waals surface area contributed by atoms with E-state index in [-0.39, 0.29) is 0 Å². The normalized spacial score (nSPS) is 11.0. The molecule has 0 aliphatic heterocycles. The molecule has 2 N–H and O–H groups in total. The summed E-state index contributed by atoms with van der Waals surface area (Å²) in [6, 6.07) is 11.6. The number of imidazole rings is 1. The fourth-order valence-corrected chi connectivity index (χ4v) is 2.04. The maximum atomic E-state index is 5.88. The van der Waals surface area contributed by atoms with E-state index in [0.717, 1.165) is 27.5 Å². The number of nitrogens with zero attached hydrogens (tertiary/aromatic N) is 2. The second-order valence-electron chi connectivity index (χ2n) is 4.14. The van der Waals surface area contributed by atoms with Gasteiger partial charge in [-0.2, -0.15) is 0 Å². The predicted molar refractivity (Wildman–Crippen MR) is 73.5 cm³/mol. The number of nitrogens with two attached hydrogens (primary N) is 1. The average molecular weight is 258 g/mol. The summed E-state index contributed by atoms with van der Waals surface area (Å²) in [7, 11) is 0. The smallest absolute Gasteiger partial charge is 0.137 e. The van der Waals surface area contributed by atoms with E-state index in [9.17, 15) is 0 Å². The topological polar surface area (TPSA) is 43.3 Å². The molecule has 3 aromatic rings.